The van der Waals surface area contributed by atoms with Gasteiger partial charge in [-0.25, -0.2) is 4.79 Å². The number of nitrogens with zero attached hydrogens (tertiary/aromatic N) is 2. The Balaban J connectivity index is 2.70. The fourth-order valence-corrected chi connectivity index (χ4v) is 2.83. The summed E-state index contributed by atoms with van der Waals surface area (Å²) in [5.41, 5.74) is -0.481. The highest BCUT2D eigenvalue weighted by Gasteiger charge is 2.25. The maximum absolute atomic E-state index is 12.8. The topological polar surface area (TPSA) is 92.4 Å². The number of unbranched alkanes of at least 4 members (excludes halogenated alkanes) is 1. The molecule has 1 aromatic heterocycles. The van der Waals surface area contributed by atoms with Crippen molar-refractivity contribution >= 4 is 5.97 Å². The average molecular weight is 330 g/mol. The van der Waals surface area contributed by atoms with Crippen molar-refractivity contribution < 1.29 is 15.0 Å². The van der Waals surface area contributed by atoms with Gasteiger partial charge >= 0.3 is 5.97 Å². The van der Waals surface area contributed by atoms with Gasteiger partial charge in [0, 0.05) is 6.42 Å². The molecule has 6 nitrogen and oxygen atoms in total. The van der Waals surface area contributed by atoms with Crippen LogP contribution in [0.4, 0.5) is 0 Å². The van der Waals surface area contributed by atoms with Crippen molar-refractivity contribution in [3.8, 4) is 5.88 Å². The van der Waals surface area contributed by atoms with Crippen LogP contribution in [0, 0.1) is 0 Å². The molecule has 0 saturated heterocycles. The molecule has 0 bridgehead atoms. The number of aromatic carboxylic acids is 1. The number of carbonyl (C=O) groups is 1. The Morgan fingerprint density at radius 2 is 1.92 bits per heavy atom. The van der Waals surface area contributed by atoms with Gasteiger partial charge < -0.3 is 10.2 Å². The van der Waals surface area contributed by atoms with Crippen LogP contribution in [-0.4, -0.2) is 25.7 Å². The van der Waals surface area contributed by atoms with Crippen LogP contribution in [0.2, 0.25) is 0 Å². The van der Waals surface area contributed by atoms with E-state index in [0.717, 1.165) is 18.4 Å². The highest BCUT2D eigenvalue weighted by atomic mass is 16.4. The third kappa shape index (κ3) is 3.48. The van der Waals surface area contributed by atoms with E-state index >= 15 is 0 Å². The lowest BCUT2D eigenvalue weighted by Crippen LogP contribution is -2.33. The van der Waals surface area contributed by atoms with E-state index in [1.54, 1.807) is 0 Å². The number of hydrogen-bond donors (Lipinski definition) is 2. The minimum atomic E-state index is -1.47. The van der Waals surface area contributed by atoms with Crippen LogP contribution in [-0.2, 0) is 6.42 Å². The molecule has 0 amide bonds. The summed E-state index contributed by atoms with van der Waals surface area (Å²) in [5.74, 6) is -1.76. The summed E-state index contributed by atoms with van der Waals surface area (Å²) in [6.45, 7) is 3.95. The molecule has 0 saturated carbocycles. The minimum absolute atomic E-state index is 0.322. The highest BCUT2D eigenvalue weighted by molar-refractivity contribution is 5.89. The first-order valence-electron chi connectivity index (χ1n) is 8.13. The first-order chi connectivity index (χ1) is 11.5. The summed E-state index contributed by atoms with van der Waals surface area (Å²) in [5, 5.41) is 19.1. The smallest absolute Gasteiger partial charge is 0.346 e. The van der Waals surface area contributed by atoms with Gasteiger partial charge in [0.15, 0.2) is 5.56 Å². The second-order valence-electron chi connectivity index (χ2n) is 5.65. The first kappa shape index (κ1) is 17.7. The molecule has 0 fully saturated rings. The predicted molar refractivity (Wildman–Crippen MR) is 90.6 cm³/mol. The van der Waals surface area contributed by atoms with Gasteiger partial charge in [0.2, 0.25) is 5.88 Å². The Morgan fingerprint density at radius 3 is 2.46 bits per heavy atom. The fourth-order valence-electron chi connectivity index (χ4n) is 2.83. The second-order valence-corrected chi connectivity index (χ2v) is 5.65. The molecule has 0 spiro atoms. The molecule has 128 valence electrons. The molecule has 1 aromatic carbocycles. The highest BCUT2D eigenvalue weighted by Crippen LogP contribution is 2.24. The summed E-state index contributed by atoms with van der Waals surface area (Å²) in [7, 11) is 0. The van der Waals surface area contributed by atoms with Crippen LogP contribution in [0.1, 0.15) is 60.9 Å². The van der Waals surface area contributed by atoms with Crippen LogP contribution >= 0.6 is 0 Å². The van der Waals surface area contributed by atoms with Gasteiger partial charge in [-0.1, -0.05) is 50.6 Å². The Kier molecular flexibility index (Phi) is 5.73. The zero-order valence-corrected chi connectivity index (χ0v) is 13.9. The molecule has 0 radical (unpaired) electrons. The van der Waals surface area contributed by atoms with Crippen molar-refractivity contribution in [2.75, 3.05) is 0 Å². The Hall–Kier alpha value is -2.63. The molecule has 1 atom stereocenters. The van der Waals surface area contributed by atoms with E-state index < -0.39 is 23.0 Å². The Morgan fingerprint density at radius 1 is 1.25 bits per heavy atom. The number of hydrogen-bond acceptors (Lipinski definition) is 4. The lowest BCUT2D eigenvalue weighted by Gasteiger charge is -2.22. The molecule has 0 aliphatic carbocycles. The van der Waals surface area contributed by atoms with E-state index in [1.165, 1.54) is 4.57 Å². The summed E-state index contributed by atoms with van der Waals surface area (Å²) in [6, 6.07) is 9.11. The number of aromatic hydroxyl groups is 1. The number of carboxylic acids is 1. The van der Waals surface area contributed by atoms with E-state index in [-0.39, 0.29) is 6.04 Å². The van der Waals surface area contributed by atoms with Gasteiger partial charge in [0.05, 0.1) is 6.04 Å². The van der Waals surface area contributed by atoms with Crippen LogP contribution in [0.15, 0.2) is 35.1 Å². The Bertz CT molecular complexity index is 769. The number of aryl methyl sites for hydroxylation is 1. The summed E-state index contributed by atoms with van der Waals surface area (Å²) in [6.07, 6.45) is 2.81. The maximum atomic E-state index is 12.8. The van der Waals surface area contributed by atoms with Crippen LogP contribution in [0.5, 0.6) is 5.88 Å². The van der Waals surface area contributed by atoms with E-state index in [0.29, 0.717) is 18.7 Å². The van der Waals surface area contributed by atoms with Gasteiger partial charge in [-0.2, -0.15) is 4.98 Å². The number of rotatable bonds is 7. The SMILES string of the molecule is CCCCc1nc(O)c(C(=O)O)c(=O)n1C(CC)c1ccccc1. The van der Waals surface area contributed by atoms with E-state index in [9.17, 15) is 19.8 Å². The van der Waals surface area contributed by atoms with Gasteiger partial charge in [0.1, 0.15) is 5.82 Å². The fraction of sp³-hybridized carbons (Fsp3) is 0.389. The quantitative estimate of drug-likeness (QED) is 0.814. The van der Waals surface area contributed by atoms with E-state index in [1.807, 2.05) is 44.2 Å². The molecular weight excluding hydrogens is 308 g/mol. The van der Waals surface area contributed by atoms with Gasteiger partial charge in [-0.05, 0) is 18.4 Å². The van der Waals surface area contributed by atoms with Crippen LogP contribution in [0.25, 0.3) is 0 Å². The molecule has 0 aliphatic heterocycles. The average Bonchev–Trinajstić information content (AvgIpc) is 2.56. The first-order valence-corrected chi connectivity index (χ1v) is 8.13. The lowest BCUT2D eigenvalue weighted by atomic mass is 10.0. The largest absolute Gasteiger partial charge is 0.492 e. The van der Waals surface area contributed by atoms with Crippen LogP contribution in [0.3, 0.4) is 0 Å². The number of aromatic nitrogens is 2. The molecule has 2 rings (SSSR count). The van der Waals surface area contributed by atoms with Crippen molar-refractivity contribution in [3.05, 3.63) is 57.6 Å². The predicted octanol–water partition coefficient (Wildman–Crippen LogP) is 2.99. The molecule has 2 N–H and O–H groups in total. The molecule has 0 aliphatic rings. The third-order valence-electron chi connectivity index (χ3n) is 4.02. The molecule has 1 heterocycles. The minimum Gasteiger partial charge on any atom is -0.492 e. The van der Waals surface area contributed by atoms with E-state index in [4.69, 9.17) is 0 Å². The molecule has 6 heteroatoms. The molecule has 1 unspecified atom stereocenters. The standard InChI is InChI=1S/C18H22N2O4/c1-3-5-11-14-19-16(21)15(18(23)24)17(22)20(14)13(4-2)12-9-7-6-8-10-12/h6-10,13,21H,3-5,11H2,1-2H3,(H,23,24). The number of benzene rings is 1. The number of carboxylic acid groups (broad SMARTS) is 1. The third-order valence-corrected chi connectivity index (χ3v) is 4.02. The second kappa shape index (κ2) is 7.77. The van der Waals surface area contributed by atoms with Crippen molar-refractivity contribution in [2.24, 2.45) is 0 Å². The van der Waals surface area contributed by atoms with Gasteiger partial charge in [0.25, 0.3) is 5.56 Å². The van der Waals surface area contributed by atoms with Crippen molar-refractivity contribution in [2.45, 2.75) is 45.6 Å². The van der Waals surface area contributed by atoms with Gasteiger partial charge in [-0.15, -0.1) is 0 Å². The zero-order valence-electron chi connectivity index (χ0n) is 13.9. The van der Waals surface area contributed by atoms with Crippen molar-refractivity contribution in [1.29, 1.82) is 0 Å². The maximum Gasteiger partial charge on any atom is 0.346 e. The van der Waals surface area contributed by atoms with Crippen molar-refractivity contribution in [1.82, 2.24) is 9.55 Å². The molecule has 24 heavy (non-hydrogen) atoms. The summed E-state index contributed by atoms with van der Waals surface area (Å²) < 4.78 is 1.42. The van der Waals surface area contributed by atoms with Gasteiger partial charge in [-0.3, -0.25) is 9.36 Å². The lowest BCUT2D eigenvalue weighted by molar-refractivity contribution is 0.0689. The Labute approximate surface area is 140 Å². The monoisotopic (exact) mass is 330 g/mol. The molecular formula is C18H22N2O4. The summed E-state index contributed by atoms with van der Waals surface area (Å²) in [4.78, 5) is 28.1. The van der Waals surface area contributed by atoms with Crippen molar-refractivity contribution in [3.63, 3.8) is 0 Å². The molecule has 2 aromatic rings. The normalized spacial score (nSPS) is 12.1. The summed E-state index contributed by atoms with van der Waals surface area (Å²) >= 11 is 0. The zero-order chi connectivity index (χ0) is 17.7. The van der Waals surface area contributed by atoms with E-state index in [2.05, 4.69) is 4.98 Å². The van der Waals surface area contributed by atoms with Crippen LogP contribution < -0.4 is 5.56 Å².